The number of pyridine rings is 1. The number of thiocarbonyl (C=S) groups is 1. The standard InChI is InChI=1S/C29H30N4OS/c1-19(2)34-24-14-12-22(13-15-24)33-28(27(31-29(33)35)25-8-5-6-16-30-25)26-9-7-17-32(26)23-11-10-20(3)21(4)18-23/h5-19,27-28H,1-4H3,(H,31,35)/t27-,28-/m0/s1. The quantitative estimate of drug-likeness (QED) is 0.320. The van der Waals surface area contributed by atoms with Crippen LogP contribution in [0, 0.1) is 13.8 Å². The van der Waals surface area contributed by atoms with Crippen LogP contribution >= 0.6 is 12.2 Å². The highest BCUT2D eigenvalue weighted by atomic mass is 32.1. The zero-order valence-electron chi connectivity index (χ0n) is 20.5. The van der Waals surface area contributed by atoms with Gasteiger partial charge in [0.15, 0.2) is 5.11 Å². The second kappa shape index (κ2) is 9.55. The molecule has 0 spiro atoms. The first-order valence-corrected chi connectivity index (χ1v) is 12.4. The number of hydrogen-bond donors (Lipinski definition) is 1. The monoisotopic (exact) mass is 482 g/mol. The average molecular weight is 483 g/mol. The van der Waals surface area contributed by atoms with Crippen molar-refractivity contribution in [1.82, 2.24) is 14.9 Å². The maximum absolute atomic E-state index is 5.90. The van der Waals surface area contributed by atoms with Crippen molar-refractivity contribution in [3.63, 3.8) is 0 Å². The highest BCUT2D eigenvalue weighted by molar-refractivity contribution is 7.80. The molecule has 1 N–H and O–H groups in total. The minimum atomic E-state index is -0.101. The van der Waals surface area contributed by atoms with E-state index >= 15 is 0 Å². The SMILES string of the molecule is Cc1ccc(-n2cccc2[C@H]2[C@H](c3ccccn3)NC(=S)N2c2ccc(OC(C)C)cc2)cc1C. The maximum Gasteiger partial charge on any atom is 0.174 e. The summed E-state index contributed by atoms with van der Waals surface area (Å²) >= 11 is 5.90. The van der Waals surface area contributed by atoms with Crippen molar-refractivity contribution in [2.75, 3.05) is 4.90 Å². The lowest BCUT2D eigenvalue weighted by atomic mass is 10.0. The van der Waals surface area contributed by atoms with Crippen molar-refractivity contribution in [3.05, 3.63) is 108 Å². The predicted molar refractivity (Wildman–Crippen MR) is 145 cm³/mol. The molecule has 2 atom stereocenters. The van der Waals surface area contributed by atoms with Crippen LogP contribution in [-0.2, 0) is 0 Å². The van der Waals surface area contributed by atoms with Gasteiger partial charge in [0, 0.05) is 29.5 Å². The van der Waals surface area contributed by atoms with Crippen LogP contribution < -0.4 is 15.0 Å². The largest absolute Gasteiger partial charge is 0.491 e. The number of aromatic nitrogens is 2. The van der Waals surface area contributed by atoms with Crippen molar-refractivity contribution in [2.45, 2.75) is 45.9 Å². The lowest BCUT2D eigenvalue weighted by Gasteiger charge is -2.29. The van der Waals surface area contributed by atoms with Crippen LogP contribution in [0.1, 0.15) is 48.4 Å². The first-order valence-electron chi connectivity index (χ1n) is 11.9. The summed E-state index contributed by atoms with van der Waals surface area (Å²) in [4.78, 5) is 6.88. The van der Waals surface area contributed by atoms with Crippen LogP contribution in [0.5, 0.6) is 5.75 Å². The zero-order chi connectivity index (χ0) is 24.5. The molecule has 0 bridgehead atoms. The fraction of sp³-hybridized carbons (Fsp3) is 0.241. The lowest BCUT2D eigenvalue weighted by molar-refractivity contribution is 0.242. The van der Waals surface area contributed by atoms with Crippen molar-refractivity contribution in [1.29, 1.82) is 0 Å². The molecule has 1 aliphatic rings. The van der Waals surface area contributed by atoms with E-state index in [0.29, 0.717) is 5.11 Å². The minimum Gasteiger partial charge on any atom is -0.491 e. The fourth-order valence-electron chi connectivity index (χ4n) is 4.64. The third-order valence-corrected chi connectivity index (χ3v) is 6.75. The van der Waals surface area contributed by atoms with Crippen LogP contribution in [-0.4, -0.2) is 20.8 Å². The van der Waals surface area contributed by atoms with Gasteiger partial charge in [0.05, 0.1) is 17.8 Å². The van der Waals surface area contributed by atoms with Gasteiger partial charge in [-0.25, -0.2) is 0 Å². The molecule has 2 aromatic heterocycles. The van der Waals surface area contributed by atoms with Crippen LogP contribution in [0.15, 0.2) is 85.2 Å². The summed E-state index contributed by atoms with van der Waals surface area (Å²) in [6.07, 6.45) is 4.08. The summed E-state index contributed by atoms with van der Waals surface area (Å²) < 4.78 is 8.12. The highest BCUT2D eigenvalue weighted by Crippen LogP contribution is 2.42. The van der Waals surface area contributed by atoms with Gasteiger partial charge in [-0.3, -0.25) is 4.98 Å². The maximum atomic E-state index is 5.90. The summed E-state index contributed by atoms with van der Waals surface area (Å²) in [5, 5.41) is 4.23. The molecule has 0 amide bonds. The molecule has 6 heteroatoms. The summed E-state index contributed by atoms with van der Waals surface area (Å²) in [6.45, 7) is 8.35. The predicted octanol–water partition coefficient (Wildman–Crippen LogP) is 6.45. The van der Waals surface area contributed by atoms with E-state index < -0.39 is 0 Å². The summed E-state index contributed by atoms with van der Waals surface area (Å²) in [7, 11) is 0. The molecule has 4 aromatic rings. The number of benzene rings is 2. The Morgan fingerprint density at radius 3 is 2.37 bits per heavy atom. The summed E-state index contributed by atoms with van der Waals surface area (Å²) in [6, 6.07) is 24.8. The molecular formula is C29H30N4OS. The van der Waals surface area contributed by atoms with Crippen LogP contribution in [0.2, 0.25) is 0 Å². The molecule has 5 rings (SSSR count). The van der Waals surface area contributed by atoms with Gasteiger partial charge in [-0.1, -0.05) is 12.1 Å². The topological polar surface area (TPSA) is 42.3 Å². The van der Waals surface area contributed by atoms with Gasteiger partial charge in [-0.2, -0.15) is 0 Å². The molecule has 3 heterocycles. The molecule has 5 nitrogen and oxygen atoms in total. The Balaban J connectivity index is 1.61. The molecule has 178 valence electrons. The minimum absolute atomic E-state index is 0.0918. The molecule has 1 saturated heterocycles. The number of rotatable bonds is 6. The number of hydrogen-bond acceptors (Lipinski definition) is 3. The van der Waals surface area contributed by atoms with Gasteiger partial charge in [0.2, 0.25) is 0 Å². The number of aryl methyl sites for hydroxylation is 2. The van der Waals surface area contributed by atoms with Crippen LogP contribution in [0.3, 0.4) is 0 Å². The van der Waals surface area contributed by atoms with E-state index in [9.17, 15) is 0 Å². The van der Waals surface area contributed by atoms with Crippen molar-refractivity contribution in [2.24, 2.45) is 0 Å². The normalized spacial score (nSPS) is 17.6. The van der Waals surface area contributed by atoms with E-state index in [0.717, 1.165) is 28.5 Å². The number of ether oxygens (including phenoxy) is 1. The molecular weight excluding hydrogens is 452 g/mol. The first kappa shape index (κ1) is 23.1. The van der Waals surface area contributed by atoms with E-state index in [1.807, 2.05) is 44.3 Å². The Kier molecular flexibility index (Phi) is 6.31. The molecule has 0 saturated carbocycles. The zero-order valence-corrected chi connectivity index (χ0v) is 21.3. The number of nitrogens with one attached hydrogen (secondary N) is 1. The number of nitrogens with zero attached hydrogens (tertiary/aromatic N) is 3. The fourth-order valence-corrected chi connectivity index (χ4v) is 4.98. The summed E-state index contributed by atoms with van der Waals surface area (Å²) in [5.41, 5.74) is 6.78. The third kappa shape index (κ3) is 4.54. The molecule has 0 radical (unpaired) electrons. The smallest absolute Gasteiger partial charge is 0.174 e. The number of anilines is 1. The van der Waals surface area contributed by atoms with Crippen molar-refractivity contribution < 1.29 is 4.74 Å². The molecule has 35 heavy (non-hydrogen) atoms. The van der Waals surface area contributed by atoms with Crippen LogP contribution in [0.4, 0.5) is 5.69 Å². The molecule has 0 aliphatic carbocycles. The van der Waals surface area contributed by atoms with Crippen LogP contribution in [0.25, 0.3) is 5.69 Å². The van der Waals surface area contributed by atoms with E-state index in [2.05, 4.69) is 88.3 Å². The van der Waals surface area contributed by atoms with E-state index in [1.54, 1.807) is 0 Å². The Morgan fingerprint density at radius 1 is 0.914 bits per heavy atom. The van der Waals surface area contributed by atoms with Gasteiger partial charge in [0.25, 0.3) is 0 Å². The van der Waals surface area contributed by atoms with E-state index in [-0.39, 0.29) is 18.2 Å². The van der Waals surface area contributed by atoms with Gasteiger partial charge in [-0.15, -0.1) is 0 Å². The Labute approximate surface area is 212 Å². The Hall–Kier alpha value is -3.64. The van der Waals surface area contributed by atoms with Gasteiger partial charge < -0.3 is 19.5 Å². The van der Waals surface area contributed by atoms with Crippen molar-refractivity contribution in [3.8, 4) is 11.4 Å². The Bertz CT molecular complexity index is 1330. The third-order valence-electron chi connectivity index (χ3n) is 6.44. The molecule has 1 aliphatic heterocycles. The van der Waals surface area contributed by atoms with Gasteiger partial charge in [-0.05, 0) is 112 Å². The molecule has 1 fully saturated rings. The van der Waals surface area contributed by atoms with Gasteiger partial charge in [0.1, 0.15) is 11.8 Å². The second-order valence-corrected chi connectivity index (χ2v) is 9.62. The summed E-state index contributed by atoms with van der Waals surface area (Å²) in [5.74, 6) is 0.846. The highest BCUT2D eigenvalue weighted by Gasteiger charge is 2.42. The molecule has 2 aromatic carbocycles. The average Bonchev–Trinajstić information content (AvgIpc) is 3.46. The second-order valence-electron chi connectivity index (χ2n) is 9.23. The van der Waals surface area contributed by atoms with E-state index in [1.165, 1.54) is 11.1 Å². The van der Waals surface area contributed by atoms with Gasteiger partial charge >= 0.3 is 0 Å². The molecule has 0 unspecified atom stereocenters. The first-order chi connectivity index (χ1) is 16.9. The van der Waals surface area contributed by atoms with Crippen molar-refractivity contribution >= 4 is 23.0 Å². The lowest BCUT2D eigenvalue weighted by Crippen LogP contribution is -2.30. The Morgan fingerprint density at radius 2 is 1.69 bits per heavy atom. The van der Waals surface area contributed by atoms with E-state index in [4.69, 9.17) is 17.0 Å².